The Kier molecular flexibility index (Phi) is 15.3. The highest BCUT2D eigenvalue weighted by Gasteiger charge is 2.32. The normalized spacial score (nSPS) is 15.4. The Morgan fingerprint density at radius 3 is 1.42 bits per heavy atom. The third kappa shape index (κ3) is 11.3. The summed E-state index contributed by atoms with van der Waals surface area (Å²) in [6.07, 6.45) is 0.964. The van der Waals surface area contributed by atoms with Crippen molar-refractivity contribution < 1.29 is 25.6 Å². The van der Waals surface area contributed by atoms with Gasteiger partial charge in [0.05, 0.1) is 26.5 Å². The SMILES string of the molecule is O=S(=O)(c1ccc(Cl)cc1Cl)N1CCN(c2nc(Cc3cc(F)cc(Cl)c3)cs2)CC1.O=S(=O)(c1ccc(Cl)cc1Cl)N1CCN(c2nc(Cc3ccc(Cl)c(F)c3)cs2)CC1. The topological polar surface area (TPSA) is 107 Å². The number of anilines is 2. The molecular formula is C40H34Cl6F2N6O4S4. The zero-order valence-electron chi connectivity index (χ0n) is 32.1. The maximum Gasteiger partial charge on any atom is 0.244 e. The zero-order valence-corrected chi connectivity index (χ0v) is 39.9. The Balaban J connectivity index is 0.000000186. The van der Waals surface area contributed by atoms with Gasteiger partial charge in [-0.3, -0.25) is 0 Å². The predicted molar refractivity (Wildman–Crippen MR) is 248 cm³/mol. The van der Waals surface area contributed by atoms with E-state index >= 15 is 0 Å². The molecule has 2 aliphatic rings. The Labute approximate surface area is 396 Å². The number of nitrogens with zero attached hydrogens (tertiary/aromatic N) is 6. The van der Waals surface area contributed by atoms with Crippen molar-refractivity contribution in [2.75, 3.05) is 62.2 Å². The minimum atomic E-state index is -3.71. The van der Waals surface area contributed by atoms with E-state index in [1.165, 1.54) is 91.9 Å². The standard InChI is InChI=1S/2C20H17Cl3FN3O2S2/c21-14-2-4-19(17(23)11-14)31(28,29)27-7-5-26(6-8-27)20-25-15(12-30-20)9-13-1-3-16(22)18(24)10-13;21-14-1-2-19(18(23)11-14)31(28,29)27-5-3-26(4-6-27)20-25-17(12-30-20)9-13-7-15(22)10-16(24)8-13/h1-4,10-12H,5-9H2;1-2,7-8,10-12H,3-6,9H2. The number of rotatable bonds is 10. The third-order valence-electron chi connectivity index (χ3n) is 9.80. The minimum absolute atomic E-state index is 0.0531. The van der Waals surface area contributed by atoms with Gasteiger partial charge in [0.25, 0.3) is 0 Å². The van der Waals surface area contributed by atoms with E-state index in [1.54, 1.807) is 12.1 Å². The molecule has 0 N–H and O–H groups in total. The van der Waals surface area contributed by atoms with Gasteiger partial charge in [0, 0.05) is 91.0 Å². The van der Waals surface area contributed by atoms with Crippen molar-refractivity contribution in [1.29, 1.82) is 0 Å². The Morgan fingerprint density at radius 1 is 0.516 bits per heavy atom. The predicted octanol–water partition coefficient (Wildman–Crippen LogP) is 10.7. The van der Waals surface area contributed by atoms with Gasteiger partial charge in [0.2, 0.25) is 20.0 Å². The molecule has 328 valence electrons. The smallest absolute Gasteiger partial charge is 0.244 e. The van der Waals surface area contributed by atoms with Crippen molar-refractivity contribution in [3.8, 4) is 0 Å². The van der Waals surface area contributed by atoms with Crippen LogP contribution in [0.3, 0.4) is 0 Å². The number of hydrogen-bond acceptors (Lipinski definition) is 10. The minimum Gasteiger partial charge on any atom is -0.345 e. The van der Waals surface area contributed by atoms with Crippen molar-refractivity contribution in [3.63, 3.8) is 0 Å². The number of piperazine rings is 2. The molecule has 62 heavy (non-hydrogen) atoms. The van der Waals surface area contributed by atoms with Crippen molar-refractivity contribution >= 4 is 123 Å². The van der Waals surface area contributed by atoms with Crippen LogP contribution in [0.5, 0.6) is 0 Å². The Bertz CT molecular complexity index is 2780. The maximum atomic E-state index is 13.7. The molecule has 0 aliphatic carbocycles. The summed E-state index contributed by atoms with van der Waals surface area (Å²) in [5, 5.41) is 6.89. The number of thiazole rings is 2. The van der Waals surface area contributed by atoms with E-state index in [9.17, 15) is 25.6 Å². The largest absolute Gasteiger partial charge is 0.345 e. The van der Waals surface area contributed by atoms with Gasteiger partial charge < -0.3 is 9.80 Å². The lowest BCUT2D eigenvalue weighted by Crippen LogP contribution is -2.48. The van der Waals surface area contributed by atoms with Gasteiger partial charge in [0.1, 0.15) is 21.4 Å². The van der Waals surface area contributed by atoms with Gasteiger partial charge in [-0.25, -0.2) is 35.6 Å². The second kappa shape index (κ2) is 20.1. The molecule has 6 aromatic rings. The summed E-state index contributed by atoms with van der Waals surface area (Å²) in [5.74, 6) is -0.830. The molecule has 2 saturated heterocycles. The van der Waals surface area contributed by atoms with Crippen molar-refractivity contribution in [2.24, 2.45) is 0 Å². The fraction of sp³-hybridized carbons (Fsp3) is 0.250. The maximum absolute atomic E-state index is 13.7. The first-order valence-corrected chi connectivity index (χ1v) is 25.5. The Hall–Kier alpha value is -2.84. The van der Waals surface area contributed by atoms with Crippen LogP contribution >= 0.6 is 92.3 Å². The van der Waals surface area contributed by atoms with E-state index in [0.717, 1.165) is 32.8 Å². The summed E-state index contributed by atoms with van der Waals surface area (Å²) < 4.78 is 81.8. The lowest BCUT2D eigenvalue weighted by Gasteiger charge is -2.33. The molecule has 4 aromatic carbocycles. The molecule has 2 aliphatic heterocycles. The van der Waals surface area contributed by atoms with Crippen molar-refractivity contribution in [2.45, 2.75) is 22.6 Å². The van der Waals surface area contributed by atoms with Gasteiger partial charge in [0.15, 0.2) is 10.3 Å². The molecule has 22 heteroatoms. The Morgan fingerprint density at radius 2 is 0.984 bits per heavy atom. The molecule has 0 bridgehead atoms. The number of hydrogen-bond donors (Lipinski definition) is 0. The highest BCUT2D eigenvalue weighted by molar-refractivity contribution is 7.89. The van der Waals surface area contributed by atoms with Crippen LogP contribution in [0.4, 0.5) is 19.0 Å². The summed E-state index contributed by atoms with van der Waals surface area (Å²) >= 11 is 38.6. The van der Waals surface area contributed by atoms with Crippen LogP contribution in [0.15, 0.2) is 93.3 Å². The summed E-state index contributed by atoms with van der Waals surface area (Å²) in [5.41, 5.74) is 3.17. The first-order chi connectivity index (χ1) is 29.5. The van der Waals surface area contributed by atoms with Crippen LogP contribution in [-0.4, -0.2) is 87.8 Å². The molecule has 0 atom stereocenters. The fourth-order valence-electron chi connectivity index (χ4n) is 6.71. The van der Waals surface area contributed by atoms with Crippen molar-refractivity contribution in [1.82, 2.24) is 18.6 Å². The van der Waals surface area contributed by atoms with Crippen LogP contribution in [0.2, 0.25) is 30.1 Å². The average molecular weight is 1040 g/mol. The van der Waals surface area contributed by atoms with Gasteiger partial charge in [-0.15, -0.1) is 22.7 Å². The van der Waals surface area contributed by atoms with Gasteiger partial charge in [-0.05, 0) is 77.9 Å². The molecule has 2 aromatic heterocycles. The molecule has 8 rings (SSSR count). The molecule has 0 radical (unpaired) electrons. The van der Waals surface area contributed by atoms with E-state index < -0.39 is 25.9 Å². The first kappa shape index (κ1) is 47.1. The third-order valence-corrected chi connectivity index (χ3v) is 17.5. The highest BCUT2D eigenvalue weighted by Crippen LogP contribution is 2.32. The lowest BCUT2D eigenvalue weighted by molar-refractivity contribution is 0.384. The van der Waals surface area contributed by atoms with E-state index in [0.29, 0.717) is 80.3 Å². The summed E-state index contributed by atoms with van der Waals surface area (Å²) in [6.45, 7) is 3.29. The molecule has 10 nitrogen and oxygen atoms in total. The average Bonchev–Trinajstić information content (AvgIpc) is 3.89. The molecule has 0 amide bonds. The molecule has 2 fully saturated rings. The van der Waals surface area contributed by atoms with Crippen molar-refractivity contribution in [3.05, 3.63) is 148 Å². The van der Waals surface area contributed by atoms with Crippen LogP contribution in [-0.2, 0) is 32.9 Å². The highest BCUT2D eigenvalue weighted by atomic mass is 35.5. The number of benzene rings is 4. The van der Waals surface area contributed by atoms with Gasteiger partial charge >= 0.3 is 0 Å². The van der Waals surface area contributed by atoms with Crippen LogP contribution in [0, 0.1) is 11.6 Å². The molecular weight excluding hydrogens is 1010 g/mol. The summed E-state index contributed by atoms with van der Waals surface area (Å²) in [7, 11) is -7.41. The van der Waals surface area contributed by atoms with E-state index in [2.05, 4.69) is 9.97 Å². The van der Waals surface area contributed by atoms with E-state index in [-0.39, 0.29) is 30.7 Å². The van der Waals surface area contributed by atoms with Crippen LogP contribution in [0.1, 0.15) is 22.5 Å². The fourth-order valence-corrected chi connectivity index (χ4v) is 13.2. The van der Waals surface area contributed by atoms with E-state index in [1.807, 2.05) is 20.6 Å². The van der Waals surface area contributed by atoms with Gasteiger partial charge in [-0.2, -0.15) is 8.61 Å². The van der Waals surface area contributed by atoms with Crippen LogP contribution < -0.4 is 9.80 Å². The first-order valence-electron chi connectivity index (χ1n) is 18.6. The monoisotopic (exact) mass is 1040 g/mol. The quantitative estimate of drug-likeness (QED) is 0.134. The second-order valence-corrected chi connectivity index (χ2v) is 22.1. The zero-order chi connectivity index (χ0) is 44.3. The molecule has 0 saturated carbocycles. The summed E-state index contributed by atoms with van der Waals surface area (Å²) in [4.78, 5) is 13.5. The second-order valence-electron chi connectivity index (χ2n) is 14.1. The molecule has 0 spiro atoms. The molecule has 0 unspecified atom stereocenters. The number of halogens is 8. The number of sulfonamides is 2. The van der Waals surface area contributed by atoms with Crippen LogP contribution in [0.25, 0.3) is 0 Å². The number of aromatic nitrogens is 2. The summed E-state index contributed by atoms with van der Waals surface area (Å²) in [6, 6.07) is 17.9. The lowest BCUT2D eigenvalue weighted by atomic mass is 10.1. The van der Waals surface area contributed by atoms with E-state index in [4.69, 9.17) is 69.6 Å². The molecule has 4 heterocycles. The van der Waals surface area contributed by atoms with Gasteiger partial charge in [-0.1, -0.05) is 75.7 Å².